The molecule has 1 aliphatic rings. The number of hydrogen-bond donors (Lipinski definition) is 0. The van der Waals surface area contributed by atoms with Crippen LogP contribution in [0.15, 0.2) is 35.4 Å². The predicted octanol–water partition coefficient (Wildman–Crippen LogP) is 4.52. The minimum absolute atomic E-state index is 0.700. The number of aromatic nitrogens is 1. The highest BCUT2D eigenvalue weighted by atomic mass is 32.2. The number of pyridine rings is 1. The number of methoxy groups -OCH3 is 1. The van der Waals surface area contributed by atoms with E-state index >= 15 is 0 Å². The van der Waals surface area contributed by atoms with Crippen molar-refractivity contribution in [3.8, 4) is 11.8 Å². The zero-order valence-corrected chi connectivity index (χ0v) is 14.2. The Balaban J connectivity index is 1.85. The second-order valence-corrected chi connectivity index (χ2v) is 6.68. The van der Waals surface area contributed by atoms with Crippen LogP contribution in [0.2, 0.25) is 0 Å². The monoisotopic (exact) mass is 324 g/mol. The first-order chi connectivity index (χ1) is 11.3. The Hall–Kier alpha value is -1.99. The van der Waals surface area contributed by atoms with Crippen molar-refractivity contribution >= 4 is 11.8 Å². The maximum atomic E-state index is 9.46. The zero-order valence-electron chi connectivity index (χ0n) is 13.3. The topological polar surface area (TPSA) is 45.9 Å². The van der Waals surface area contributed by atoms with Gasteiger partial charge in [0.05, 0.1) is 12.7 Å². The van der Waals surface area contributed by atoms with Crippen LogP contribution in [-0.2, 0) is 18.6 Å². The Morgan fingerprint density at radius 1 is 1.22 bits per heavy atom. The zero-order chi connectivity index (χ0) is 16.1. The molecule has 1 aromatic carbocycles. The second-order valence-electron chi connectivity index (χ2n) is 5.72. The maximum absolute atomic E-state index is 9.46. The summed E-state index contributed by atoms with van der Waals surface area (Å²) in [6.07, 6.45) is 5.73. The van der Waals surface area contributed by atoms with Crippen LogP contribution < -0.4 is 4.74 Å². The van der Waals surface area contributed by atoms with Gasteiger partial charge in [0.1, 0.15) is 16.8 Å². The highest BCUT2D eigenvalue weighted by Gasteiger charge is 2.15. The summed E-state index contributed by atoms with van der Waals surface area (Å²) in [6, 6.07) is 12.4. The fraction of sp³-hybridized carbons (Fsp3) is 0.368. The normalized spacial score (nSPS) is 13.7. The standard InChI is InChI=1S/C19H20N2OS/c1-22-18-10-6-5-8-15(18)13-23-19-16(12-20)11-14-7-3-2-4-9-17(14)21-19/h5-6,8,10-11H,2-4,7,9,13H2,1H3. The lowest BCUT2D eigenvalue weighted by molar-refractivity contribution is 0.411. The van der Waals surface area contributed by atoms with Gasteiger partial charge in [0, 0.05) is 17.0 Å². The molecule has 0 aliphatic heterocycles. The van der Waals surface area contributed by atoms with Crippen molar-refractivity contribution in [1.82, 2.24) is 4.98 Å². The van der Waals surface area contributed by atoms with Gasteiger partial charge in [-0.3, -0.25) is 0 Å². The van der Waals surface area contributed by atoms with Gasteiger partial charge in [-0.2, -0.15) is 5.26 Å². The molecule has 0 atom stereocenters. The van der Waals surface area contributed by atoms with E-state index in [2.05, 4.69) is 18.2 Å². The predicted molar refractivity (Wildman–Crippen MR) is 92.8 cm³/mol. The van der Waals surface area contributed by atoms with Crippen LogP contribution in [0.3, 0.4) is 0 Å². The van der Waals surface area contributed by atoms with Crippen LogP contribution in [0.1, 0.15) is 41.6 Å². The molecule has 0 radical (unpaired) electrons. The third-order valence-electron chi connectivity index (χ3n) is 4.19. The van der Waals surface area contributed by atoms with Crippen molar-refractivity contribution in [2.24, 2.45) is 0 Å². The number of nitrogens with zero attached hydrogens (tertiary/aromatic N) is 2. The van der Waals surface area contributed by atoms with Crippen molar-refractivity contribution in [1.29, 1.82) is 5.26 Å². The van der Waals surface area contributed by atoms with Gasteiger partial charge in [-0.05, 0) is 43.4 Å². The fourth-order valence-electron chi connectivity index (χ4n) is 2.95. The van der Waals surface area contributed by atoms with Gasteiger partial charge >= 0.3 is 0 Å². The Bertz CT molecular complexity index is 737. The van der Waals surface area contributed by atoms with E-state index in [0.29, 0.717) is 5.56 Å². The summed E-state index contributed by atoms with van der Waals surface area (Å²) in [7, 11) is 1.69. The molecule has 1 aromatic heterocycles. The van der Waals surface area contributed by atoms with Crippen LogP contribution >= 0.6 is 11.8 Å². The van der Waals surface area contributed by atoms with Crippen molar-refractivity contribution in [3.05, 3.63) is 52.7 Å². The Morgan fingerprint density at radius 3 is 2.87 bits per heavy atom. The summed E-state index contributed by atoms with van der Waals surface area (Å²) in [5.74, 6) is 1.64. The summed E-state index contributed by atoms with van der Waals surface area (Å²) in [5.41, 5.74) is 4.27. The first-order valence-corrected chi connectivity index (χ1v) is 8.98. The quantitative estimate of drug-likeness (QED) is 0.612. The summed E-state index contributed by atoms with van der Waals surface area (Å²) < 4.78 is 5.40. The van der Waals surface area contributed by atoms with Crippen molar-refractivity contribution in [3.63, 3.8) is 0 Å². The SMILES string of the molecule is COc1ccccc1CSc1nc2c(cc1C#N)CCCCC2. The van der Waals surface area contributed by atoms with Gasteiger partial charge in [0.2, 0.25) is 0 Å². The van der Waals surface area contributed by atoms with E-state index in [4.69, 9.17) is 9.72 Å². The molecular formula is C19H20N2OS. The molecule has 0 spiro atoms. The highest BCUT2D eigenvalue weighted by Crippen LogP contribution is 2.31. The van der Waals surface area contributed by atoms with Gasteiger partial charge < -0.3 is 4.74 Å². The molecule has 4 heteroatoms. The lowest BCUT2D eigenvalue weighted by Gasteiger charge is -2.11. The first kappa shape index (κ1) is 15.9. The van der Waals surface area contributed by atoms with Gasteiger partial charge in [-0.25, -0.2) is 4.98 Å². The summed E-state index contributed by atoms with van der Waals surface area (Å²) in [5, 5.41) is 10.3. The van der Waals surface area contributed by atoms with Crippen molar-refractivity contribution in [2.45, 2.75) is 42.9 Å². The Labute approximate surface area is 141 Å². The molecule has 3 rings (SSSR count). The molecule has 0 unspecified atom stereocenters. The van der Waals surface area contributed by atoms with Crippen molar-refractivity contribution in [2.75, 3.05) is 7.11 Å². The van der Waals surface area contributed by atoms with Gasteiger partial charge in [0.25, 0.3) is 0 Å². The smallest absolute Gasteiger partial charge is 0.122 e. The first-order valence-electron chi connectivity index (χ1n) is 7.99. The average molecular weight is 324 g/mol. The number of fused-ring (bicyclic) bond motifs is 1. The molecule has 23 heavy (non-hydrogen) atoms. The molecule has 0 saturated heterocycles. The molecule has 0 fully saturated rings. The third kappa shape index (κ3) is 3.68. The number of para-hydroxylation sites is 1. The molecule has 1 heterocycles. The molecular weight excluding hydrogens is 304 g/mol. The number of aryl methyl sites for hydroxylation is 2. The summed E-state index contributed by atoms with van der Waals surface area (Å²) in [4.78, 5) is 4.81. The Morgan fingerprint density at radius 2 is 2.04 bits per heavy atom. The number of thioether (sulfide) groups is 1. The molecule has 0 amide bonds. The van der Waals surface area contributed by atoms with Crippen LogP contribution in [0.5, 0.6) is 5.75 Å². The molecule has 0 N–H and O–H groups in total. The molecule has 3 nitrogen and oxygen atoms in total. The average Bonchev–Trinajstić information content (AvgIpc) is 2.83. The minimum Gasteiger partial charge on any atom is -0.496 e. The van der Waals surface area contributed by atoms with E-state index in [0.717, 1.165) is 34.9 Å². The number of benzene rings is 1. The molecule has 118 valence electrons. The van der Waals surface area contributed by atoms with Crippen LogP contribution in [0, 0.1) is 11.3 Å². The number of rotatable bonds is 4. The molecule has 0 saturated carbocycles. The second kappa shape index (κ2) is 7.52. The van der Waals surface area contributed by atoms with Gasteiger partial charge in [-0.1, -0.05) is 24.6 Å². The van der Waals surface area contributed by atoms with E-state index < -0.39 is 0 Å². The van der Waals surface area contributed by atoms with E-state index in [1.54, 1.807) is 18.9 Å². The molecule has 1 aliphatic carbocycles. The van der Waals surface area contributed by atoms with Gasteiger partial charge in [-0.15, -0.1) is 11.8 Å². The minimum atomic E-state index is 0.700. The highest BCUT2D eigenvalue weighted by molar-refractivity contribution is 7.98. The summed E-state index contributed by atoms with van der Waals surface area (Å²) in [6.45, 7) is 0. The number of ether oxygens (including phenoxy) is 1. The largest absolute Gasteiger partial charge is 0.496 e. The van der Waals surface area contributed by atoms with Crippen LogP contribution in [0.25, 0.3) is 0 Å². The van der Waals surface area contributed by atoms with E-state index in [1.807, 2.05) is 18.2 Å². The fourth-order valence-corrected chi connectivity index (χ4v) is 3.92. The number of hydrogen-bond acceptors (Lipinski definition) is 4. The van der Waals surface area contributed by atoms with E-state index in [1.165, 1.54) is 30.5 Å². The van der Waals surface area contributed by atoms with Gasteiger partial charge in [0.15, 0.2) is 0 Å². The van der Waals surface area contributed by atoms with E-state index in [-0.39, 0.29) is 0 Å². The van der Waals surface area contributed by atoms with E-state index in [9.17, 15) is 5.26 Å². The van der Waals surface area contributed by atoms with Crippen molar-refractivity contribution < 1.29 is 4.74 Å². The third-order valence-corrected chi connectivity index (χ3v) is 5.23. The van der Waals surface area contributed by atoms with Crippen LogP contribution in [0.4, 0.5) is 0 Å². The van der Waals surface area contributed by atoms with Crippen LogP contribution in [-0.4, -0.2) is 12.1 Å². The Kier molecular flexibility index (Phi) is 5.19. The lowest BCUT2D eigenvalue weighted by atomic mass is 10.1. The maximum Gasteiger partial charge on any atom is 0.122 e. The molecule has 2 aromatic rings. The molecule has 0 bridgehead atoms. The summed E-state index contributed by atoms with van der Waals surface area (Å²) >= 11 is 1.62. The number of nitriles is 1. The lowest BCUT2D eigenvalue weighted by Crippen LogP contribution is -2.00.